The van der Waals surface area contributed by atoms with Gasteiger partial charge in [0.05, 0.1) is 5.69 Å². The van der Waals surface area contributed by atoms with Crippen molar-refractivity contribution in [2.45, 2.75) is 58.5 Å². The van der Waals surface area contributed by atoms with Crippen molar-refractivity contribution < 1.29 is 9.32 Å². The predicted octanol–water partition coefficient (Wildman–Crippen LogP) is 1.77. The van der Waals surface area contributed by atoms with Crippen LogP contribution in [0.1, 0.15) is 55.3 Å². The summed E-state index contributed by atoms with van der Waals surface area (Å²) in [5.41, 5.74) is 0.112. The molecule has 0 atom stereocenters. The van der Waals surface area contributed by atoms with Crippen molar-refractivity contribution in [2.75, 3.05) is 20.1 Å². The molecule has 186 valence electrons. The molecular weight excluding hydrogens is 450 g/mol. The van der Waals surface area contributed by atoms with Crippen molar-refractivity contribution in [3.05, 3.63) is 56.6 Å². The van der Waals surface area contributed by atoms with Crippen LogP contribution in [0, 0.1) is 6.92 Å². The summed E-state index contributed by atoms with van der Waals surface area (Å²) in [5.74, 6) is -0.941. The smallest absolute Gasteiger partial charge is 0.347 e. The second-order valence-electron chi connectivity index (χ2n) is 8.88. The van der Waals surface area contributed by atoms with Crippen molar-refractivity contribution in [1.82, 2.24) is 34.7 Å². The Bertz CT molecular complexity index is 1290. The number of carbonyl (C=O) groups is 1. The lowest BCUT2D eigenvalue weighted by Crippen LogP contribution is -2.41. The number of nitrogens with zero attached hydrogens (tertiary/aromatic N) is 6. The van der Waals surface area contributed by atoms with Crippen LogP contribution >= 0.6 is 0 Å². The summed E-state index contributed by atoms with van der Waals surface area (Å²) in [7, 11) is 2.07. The molecule has 0 unspecified atom stereocenters. The predicted molar refractivity (Wildman–Crippen MR) is 130 cm³/mol. The van der Waals surface area contributed by atoms with Gasteiger partial charge in [-0.05, 0) is 45.9 Å². The normalized spacial score (nSPS) is 14.4. The maximum absolute atomic E-state index is 12.9. The van der Waals surface area contributed by atoms with Gasteiger partial charge in [0.1, 0.15) is 0 Å². The summed E-state index contributed by atoms with van der Waals surface area (Å²) in [6, 6.07) is 7.70. The molecule has 0 aliphatic heterocycles. The number of hydrogen-bond donors (Lipinski definition) is 1. The Labute approximate surface area is 202 Å². The lowest BCUT2D eigenvalue weighted by Gasteiger charge is -2.31. The Morgan fingerprint density at radius 3 is 2.57 bits per heavy atom. The number of aryl methyl sites for hydroxylation is 1. The van der Waals surface area contributed by atoms with Gasteiger partial charge in [0.25, 0.3) is 5.56 Å². The number of likely N-dealkylation sites (N-methyl/N-ethyl adjacent to an activating group) is 1. The maximum atomic E-state index is 12.9. The van der Waals surface area contributed by atoms with E-state index in [4.69, 9.17) is 4.52 Å². The monoisotopic (exact) mass is 481 g/mol. The minimum absolute atomic E-state index is 0.138. The lowest BCUT2D eigenvalue weighted by molar-refractivity contribution is 0.0901. The van der Waals surface area contributed by atoms with Gasteiger partial charge in [0, 0.05) is 25.7 Å². The molecule has 2 aromatic heterocycles. The molecule has 1 fully saturated rings. The summed E-state index contributed by atoms with van der Waals surface area (Å²) >= 11 is 0. The summed E-state index contributed by atoms with van der Waals surface area (Å²) in [6.45, 7) is 4.90. The first-order valence-corrected chi connectivity index (χ1v) is 12.0. The molecule has 35 heavy (non-hydrogen) atoms. The first-order chi connectivity index (χ1) is 16.9. The third kappa shape index (κ3) is 5.40. The van der Waals surface area contributed by atoms with Gasteiger partial charge in [-0.2, -0.15) is 14.8 Å². The molecular formula is C24H31N7O4. The SMILES string of the molecule is CCn1c(=O)c(-c2noc(C(=O)NCCN(C)C3CCCCC3)n2)nn(-c2ccc(C)cc2)c1=O. The van der Waals surface area contributed by atoms with Gasteiger partial charge in [-0.3, -0.25) is 14.2 Å². The summed E-state index contributed by atoms with van der Waals surface area (Å²) in [6.07, 6.45) is 6.16. The highest BCUT2D eigenvalue weighted by Crippen LogP contribution is 2.21. The molecule has 1 aliphatic rings. The van der Waals surface area contributed by atoms with Crippen molar-refractivity contribution in [3.63, 3.8) is 0 Å². The number of hydrogen-bond acceptors (Lipinski definition) is 8. The molecule has 11 nitrogen and oxygen atoms in total. The molecule has 1 aromatic carbocycles. The third-order valence-electron chi connectivity index (χ3n) is 6.43. The highest BCUT2D eigenvalue weighted by atomic mass is 16.5. The molecule has 1 saturated carbocycles. The van der Waals surface area contributed by atoms with E-state index < -0.39 is 17.2 Å². The van der Waals surface area contributed by atoms with E-state index in [0.29, 0.717) is 24.8 Å². The topological polar surface area (TPSA) is 128 Å². The number of rotatable bonds is 8. The summed E-state index contributed by atoms with van der Waals surface area (Å²) < 4.78 is 7.28. The fraction of sp³-hybridized carbons (Fsp3) is 0.500. The Hall–Kier alpha value is -3.60. The van der Waals surface area contributed by atoms with E-state index in [2.05, 4.69) is 32.5 Å². The number of nitrogens with one attached hydrogen (secondary N) is 1. The standard InChI is InChI=1S/C24H31N7O4/c1-4-30-23(33)19(27-31(24(30)34)18-12-10-16(2)11-13-18)20-26-22(35-28-20)21(32)25-14-15-29(3)17-8-6-5-7-9-17/h10-13,17H,4-9,14-15H2,1-3H3,(H,25,32). The van der Waals surface area contributed by atoms with Crippen molar-refractivity contribution >= 4 is 5.91 Å². The number of carbonyl (C=O) groups excluding carboxylic acids is 1. The van der Waals surface area contributed by atoms with E-state index in [1.165, 1.54) is 32.1 Å². The van der Waals surface area contributed by atoms with Gasteiger partial charge in [-0.1, -0.05) is 42.1 Å². The fourth-order valence-electron chi connectivity index (χ4n) is 4.33. The van der Waals surface area contributed by atoms with Crippen molar-refractivity contribution in [2.24, 2.45) is 0 Å². The molecule has 4 rings (SSSR count). The minimum atomic E-state index is -0.650. The van der Waals surface area contributed by atoms with Crippen molar-refractivity contribution in [1.29, 1.82) is 0 Å². The van der Waals surface area contributed by atoms with Gasteiger partial charge in [-0.25, -0.2) is 4.79 Å². The largest absolute Gasteiger partial charge is 0.352 e. The highest BCUT2D eigenvalue weighted by molar-refractivity contribution is 5.89. The van der Waals surface area contributed by atoms with E-state index in [0.717, 1.165) is 14.8 Å². The molecule has 1 aliphatic carbocycles. The molecule has 1 amide bonds. The molecule has 3 aromatic rings. The van der Waals surface area contributed by atoms with Gasteiger partial charge in [0.15, 0.2) is 5.69 Å². The summed E-state index contributed by atoms with van der Waals surface area (Å²) in [4.78, 5) is 44.6. The van der Waals surface area contributed by atoms with Crippen LogP contribution in [-0.4, -0.2) is 61.5 Å². The maximum Gasteiger partial charge on any atom is 0.352 e. The number of amides is 1. The van der Waals surface area contributed by atoms with Crippen LogP contribution in [-0.2, 0) is 6.54 Å². The molecule has 0 bridgehead atoms. The Balaban J connectivity index is 1.51. The summed E-state index contributed by atoms with van der Waals surface area (Å²) in [5, 5.41) is 10.8. The fourth-order valence-corrected chi connectivity index (χ4v) is 4.33. The van der Waals surface area contributed by atoms with Crippen LogP contribution in [0.2, 0.25) is 0 Å². The third-order valence-corrected chi connectivity index (χ3v) is 6.43. The molecule has 0 radical (unpaired) electrons. The lowest BCUT2D eigenvalue weighted by atomic mass is 9.94. The highest BCUT2D eigenvalue weighted by Gasteiger charge is 2.23. The zero-order valence-electron chi connectivity index (χ0n) is 20.4. The Morgan fingerprint density at radius 2 is 1.89 bits per heavy atom. The minimum Gasteiger partial charge on any atom is -0.347 e. The molecule has 11 heteroatoms. The molecule has 2 heterocycles. The average molecular weight is 482 g/mol. The second-order valence-corrected chi connectivity index (χ2v) is 8.88. The Morgan fingerprint density at radius 1 is 1.17 bits per heavy atom. The van der Waals surface area contributed by atoms with Crippen LogP contribution < -0.4 is 16.6 Å². The van der Waals surface area contributed by atoms with Crippen LogP contribution in [0.15, 0.2) is 38.4 Å². The zero-order valence-corrected chi connectivity index (χ0v) is 20.4. The number of benzene rings is 1. The quantitative estimate of drug-likeness (QED) is 0.516. The van der Waals surface area contributed by atoms with Gasteiger partial charge >= 0.3 is 17.5 Å². The molecule has 1 N–H and O–H groups in total. The van der Waals surface area contributed by atoms with E-state index in [1.54, 1.807) is 19.1 Å². The average Bonchev–Trinajstić information content (AvgIpc) is 3.36. The van der Waals surface area contributed by atoms with Crippen molar-refractivity contribution in [3.8, 4) is 17.2 Å². The first-order valence-electron chi connectivity index (χ1n) is 12.0. The van der Waals surface area contributed by atoms with Crippen LogP contribution in [0.25, 0.3) is 17.2 Å². The van der Waals surface area contributed by atoms with Crippen LogP contribution in [0.4, 0.5) is 0 Å². The van der Waals surface area contributed by atoms with Gasteiger partial charge in [0.2, 0.25) is 5.82 Å². The van der Waals surface area contributed by atoms with E-state index in [-0.39, 0.29) is 24.0 Å². The number of aromatic nitrogens is 5. The van der Waals surface area contributed by atoms with Gasteiger partial charge < -0.3 is 14.7 Å². The van der Waals surface area contributed by atoms with Crippen LogP contribution in [0.3, 0.4) is 0 Å². The molecule has 0 spiro atoms. The van der Waals surface area contributed by atoms with E-state index in [1.807, 2.05) is 19.1 Å². The van der Waals surface area contributed by atoms with Crippen LogP contribution in [0.5, 0.6) is 0 Å². The van der Waals surface area contributed by atoms with E-state index in [9.17, 15) is 14.4 Å². The zero-order chi connectivity index (χ0) is 24.9. The first kappa shape index (κ1) is 24.5. The van der Waals surface area contributed by atoms with Gasteiger partial charge in [-0.15, -0.1) is 0 Å². The second kappa shape index (κ2) is 10.8. The molecule has 0 saturated heterocycles. The Kier molecular flexibility index (Phi) is 7.54. The van der Waals surface area contributed by atoms with E-state index >= 15 is 0 Å².